The minimum atomic E-state index is -1.23. The number of carboxylic acids is 1. The highest BCUT2D eigenvalue weighted by molar-refractivity contribution is 5.95. The highest BCUT2D eigenvalue weighted by Gasteiger charge is 2.13. The first-order valence-corrected chi connectivity index (χ1v) is 3.76. The molecule has 0 unspecified atom stereocenters. The van der Waals surface area contributed by atoms with E-state index in [2.05, 4.69) is 10.1 Å². The first-order chi connectivity index (χ1) is 6.47. The Balaban J connectivity index is 4.07. The maximum absolute atomic E-state index is 10.9. The summed E-state index contributed by atoms with van der Waals surface area (Å²) < 4.78 is 4.34. The third kappa shape index (κ3) is 4.91. The number of hydrogen-bond donors (Lipinski definition) is 2. The summed E-state index contributed by atoms with van der Waals surface area (Å²) in [6.45, 7) is 1.43. The van der Waals surface area contributed by atoms with Crippen LogP contribution in [0.4, 0.5) is 0 Å². The molecule has 0 aliphatic heterocycles. The molecule has 2 N–H and O–H groups in total. The Morgan fingerprint density at radius 2 is 1.93 bits per heavy atom. The van der Waals surface area contributed by atoms with Crippen molar-refractivity contribution in [3.05, 3.63) is 12.2 Å². The molecule has 0 aliphatic rings. The van der Waals surface area contributed by atoms with Gasteiger partial charge in [0.15, 0.2) is 0 Å². The summed E-state index contributed by atoms with van der Waals surface area (Å²) >= 11 is 0. The Kier molecular flexibility index (Phi) is 4.98. The third-order valence-electron chi connectivity index (χ3n) is 1.29. The summed E-state index contributed by atoms with van der Waals surface area (Å²) in [4.78, 5) is 31.7. The van der Waals surface area contributed by atoms with Gasteiger partial charge < -0.3 is 15.2 Å². The molecule has 6 nitrogen and oxygen atoms in total. The molecular weight excluding hydrogens is 190 g/mol. The molecule has 1 amide bonds. The van der Waals surface area contributed by atoms with Crippen LogP contribution in [0.2, 0.25) is 0 Å². The summed E-state index contributed by atoms with van der Waals surface area (Å²) in [5, 5.41) is 10.4. The number of carbonyl (C=O) groups is 3. The van der Waals surface area contributed by atoms with Crippen LogP contribution < -0.4 is 5.32 Å². The Morgan fingerprint density at radius 1 is 1.36 bits per heavy atom. The van der Waals surface area contributed by atoms with Crippen molar-refractivity contribution in [3.8, 4) is 0 Å². The highest BCUT2D eigenvalue weighted by Crippen LogP contribution is 1.86. The molecule has 0 heterocycles. The lowest BCUT2D eigenvalue weighted by Crippen LogP contribution is -2.38. The average Bonchev–Trinajstić information content (AvgIpc) is 2.13. The van der Waals surface area contributed by atoms with Crippen molar-refractivity contribution >= 4 is 17.8 Å². The van der Waals surface area contributed by atoms with E-state index in [-0.39, 0.29) is 0 Å². The smallest absolute Gasteiger partial charge is 0.328 e. The van der Waals surface area contributed by atoms with E-state index >= 15 is 0 Å². The fourth-order valence-corrected chi connectivity index (χ4v) is 0.644. The number of amides is 1. The van der Waals surface area contributed by atoms with E-state index in [9.17, 15) is 14.4 Å². The SMILES string of the molecule is COC(=O)[C@H](C)NC(=O)/C=C/C(=O)O. The van der Waals surface area contributed by atoms with E-state index in [0.717, 1.165) is 6.08 Å². The van der Waals surface area contributed by atoms with Gasteiger partial charge in [0.25, 0.3) is 0 Å². The van der Waals surface area contributed by atoms with Crippen molar-refractivity contribution in [3.63, 3.8) is 0 Å². The van der Waals surface area contributed by atoms with Gasteiger partial charge >= 0.3 is 11.9 Å². The van der Waals surface area contributed by atoms with Crippen LogP contribution in [0, 0.1) is 0 Å². The maximum atomic E-state index is 10.9. The summed E-state index contributed by atoms with van der Waals surface area (Å²) in [6.07, 6.45) is 1.50. The number of rotatable bonds is 4. The second-order valence-electron chi connectivity index (χ2n) is 2.43. The van der Waals surface area contributed by atoms with Gasteiger partial charge in [-0.1, -0.05) is 0 Å². The van der Waals surface area contributed by atoms with Gasteiger partial charge in [-0.15, -0.1) is 0 Å². The number of esters is 1. The molecule has 0 fully saturated rings. The van der Waals surface area contributed by atoms with Crippen LogP contribution in [0.5, 0.6) is 0 Å². The Labute approximate surface area is 80.5 Å². The van der Waals surface area contributed by atoms with Gasteiger partial charge in [0.1, 0.15) is 6.04 Å². The normalized spacial score (nSPS) is 12.1. The van der Waals surface area contributed by atoms with Gasteiger partial charge in [-0.2, -0.15) is 0 Å². The van der Waals surface area contributed by atoms with Gasteiger partial charge in [-0.3, -0.25) is 4.79 Å². The second kappa shape index (κ2) is 5.74. The lowest BCUT2D eigenvalue weighted by Gasteiger charge is -2.08. The fourth-order valence-electron chi connectivity index (χ4n) is 0.644. The van der Waals surface area contributed by atoms with Gasteiger partial charge in [0.2, 0.25) is 5.91 Å². The molecule has 0 aliphatic carbocycles. The van der Waals surface area contributed by atoms with Crippen molar-refractivity contribution in [1.82, 2.24) is 5.32 Å². The first kappa shape index (κ1) is 12.2. The molecular formula is C8H11NO5. The van der Waals surface area contributed by atoms with Crippen LogP contribution in [0.3, 0.4) is 0 Å². The molecule has 0 saturated heterocycles. The van der Waals surface area contributed by atoms with E-state index in [0.29, 0.717) is 6.08 Å². The molecule has 0 bridgehead atoms. The topological polar surface area (TPSA) is 92.7 Å². The minimum absolute atomic E-state index is 0.595. The van der Waals surface area contributed by atoms with Gasteiger partial charge in [-0.25, -0.2) is 9.59 Å². The van der Waals surface area contributed by atoms with E-state index in [1.54, 1.807) is 0 Å². The zero-order valence-electron chi connectivity index (χ0n) is 7.81. The number of aliphatic carboxylic acids is 1. The lowest BCUT2D eigenvalue weighted by molar-refractivity contribution is -0.144. The van der Waals surface area contributed by atoms with Crippen LogP contribution in [0.15, 0.2) is 12.2 Å². The Bertz CT molecular complexity index is 271. The standard InChI is InChI=1S/C8H11NO5/c1-5(8(13)14-2)9-6(10)3-4-7(11)12/h3-5H,1-2H3,(H,9,10)(H,11,12)/b4-3+/t5-/m0/s1. The van der Waals surface area contributed by atoms with Gasteiger partial charge in [-0.05, 0) is 6.92 Å². The van der Waals surface area contributed by atoms with Crippen LogP contribution in [-0.2, 0) is 19.1 Å². The number of ether oxygens (including phenoxy) is 1. The van der Waals surface area contributed by atoms with Crippen LogP contribution >= 0.6 is 0 Å². The molecule has 14 heavy (non-hydrogen) atoms. The molecule has 78 valence electrons. The monoisotopic (exact) mass is 201 g/mol. The van der Waals surface area contributed by atoms with Gasteiger partial charge in [0, 0.05) is 12.2 Å². The van der Waals surface area contributed by atoms with Crippen LogP contribution in [0.1, 0.15) is 6.92 Å². The summed E-state index contributed by atoms with van der Waals surface area (Å²) in [7, 11) is 1.19. The largest absolute Gasteiger partial charge is 0.478 e. The lowest BCUT2D eigenvalue weighted by atomic mass is 10.3. The molecule has 0 radical (unpaired) electrons. The van der Waals surface area contributed by atoms with E-state index in [4.69, 9.17) is 5.11 Å². The number of carbonyl (C=O) groups excluding carboxylic acids is 2. The summed E-state index contributed by atoms with van der Waals surface area (Å²) in [6, 6.07) is -0.800. The average molecular weight is 201 g/mol. The molecule has 0 spiro atoms. The van der Waals surface area contributed by atoms with Gasteiger partial charge in [0.05, 0.1) is 7.11 Å². The predicted octanol–water partition coefficient (Wildman–Crippen LogP) is -0.695. The van der Waals surface area contributed by atoms with Crippen molar-refractivity contribution in [2.24, 2.45) is 0 Å². The summed E-state index contributed by atoms with van der Waals surface area (Å²) in [5.74, 6) is -2.49. The van der Waals surface area contributed by atoms with Crippen LogP contribution in [0.25, 0.3) is 0 Å². The number of nitrogens with one attached hydrogen (secondary N) is 1. The third-order valence-corrected chi connectivity index (χ3v) is 1.29. The molecule has 0 aromatic carbocycles. The highest BCUT2D eigenvalue weighted by atomic mass is 16.5. The van der Waals surface area contributed by atoms with Crippen molar-refractivity contribution < 1.29 is 24.2 Å². The first-order valence-electron chi connectivity index (χ1n) is 3.76. The van der Waals surface area contributed by atoms with E-state index in [1.165, 1.54) is 14.0 Å². The quantitative estimate of drug-likeness (QED) is 0.463. The zero-order chi connectivity index (χ0) is 11.1. The number of methoxy groups -OCH3 is 1. The fraction of sp³-hybridized carbons (Fsp3) is 0.375. The van der Waals surface area contributed by atoms with E-state index < -0.39 is 23.9 Å². The molecule has 0 rings (SSSR count). The molecule has 0 aromatic heterocycles. The number of hydrogen-bond acceptors (Lipinski definition) is 4. The minimum Gasteiger partial charge on any atom is -0.478 e. The maximum Gasteiger partial charge on any atom is 0.328 e. The molecule has 0 aromatic rings. The Hall–Kier alpha value is -1.85. The second-order valence-corrected chi connectivity index (χ2v) is 2.43. The number of carboxylic acid groups (broad SMARTS) is 1. The Morgan fingerprint density at radius 3 is 2.36 bits per heavy atom. The van der Waals surface area contributed by atoms with Crippen LogP contribution in [-0.4, -0.2) is 36.1 Å². The van der Waals surface area contributed by atoms with Crippen molar-refractivity contribution in [2.45, 2.75) is 13.0 Å². The van der Waals surface area contributed by atoms with Crippen molar-refractivity contribution in [2.75, 3.05) is 7.11 Å². The molecule has 6 heteroatoms. The molecule has 1 atom stereocenters. The zero-order valence-corrected chi connectivity index (χ0v) is 7.81. The van der Waals surface area contributed by atoms with E-state index in [1.807, 2.05) is 0 Å². The van der Waals surface area contributed by atoms with Crippen molar-refractivity contribution in [1.29, 1.82) is 0 Å². The molecule has 0 saturated carbocycles. The summed E-state index contributed by atoms with van der Waals surface area (Å²) in [5.41, 5.74) is 0. The predicted molar refractivity (Wildman–Crippen MR) is 46.4 cm³/mol.